The van der Waals surface area contributed by atoms with Crippen LogP contribution in [-0.4, -0.2) is 23.7 Å². The highest BCUT2D eigenvalue weighted by molar-refractivity contribution is 7.10. The fourth-order valence-electron chi connectivity index (χ4n) is 2.17. The van der Waals surface area contributed by atoms with E-state index in [1.807, 2.05) is 5.38 Å². The van der Waals surface area contributed by atoms with E-state index in [0.717, 1.165) is 18.4 Å². The number of carbonyl (C=O) groups excluding carboxylic acids is 1. The maximum Gasteiger partial charge on any atom is 0.252 e. The molecule has 1 aliphatic carbocycles. The van der Waals surface area contributed by atoms with Gasteiger partial charge in [-0.15, -0.1) is 11.3 Å². The second-order valence-corrected chi connectivity index (χ2v) is 5.62. The maximum atomic E-state index is 12.0. The van der Waals surface area contributed by atoms with Crippen LogP contribution in [0.3, 0.4) is 0 Å². The molecule has 0 spiro atoms. The van der Waals surface area contributed by atoms with Gasteiger partial charge >= 0.3 is 0 Å². The Morgan fingerprint density at radius 2 is 2.29 bits per heavy atom. The predicted octanol–water partition coefficient (Wildman–Crippen LogP) is 2.13. The van der Waals surface area contributed by atoms with E-state index in [2.05, 4.69) is 5.32 Å². The minimum absolute atomic E-state index is 0.0186. The lowest BCUT2D eigenvalue weighted by atomic mass is 9.95. The van der Waals surface area contributed by atoms with E-state index in [4.69, 9.17) is 5.11 Å². The summed E-state index contributed by atoms with van der Waals surface area (Å²) in [6, 6.07) is 0. The summed E-state index contributed by atoms with van der Waals surface area (Å²) in [5, 5.41) is 14.0. The molecule has 0 aliphatic heterocycles. The van der Waals surface area contributed by atoms with Gasteiger partial charge < -0.3 is 10.4 Å². The Kier molecular flexibility index (Phi) is 4.18. The van der Waals surface area contributed by atoms with E-state index in [-0.39, 0.29) is 12.0 Å². The summed E-state index contributed by atoms with van der Waals surface area (Å²) < 4.78 is 0. The van der Waals surface area contributed by atoms with E-state index in [0.29, 0.717) is 13.0 Å². The molecular formula is C13H19NO2S. The van der Waals surface area contributed by atoms with Crippen molar-refractivity contribution in [2.24, 2.45) is 0 Å². The van der Waals surface area contributed by atoms with Gasteiger partial charge in [0.2, 0.25) is 0 Å². The van der Waals surface area contributed by atoms with Crippen molar-refractivity contribution in [1.82, 2.24) is 5.32 Å². The van der Waals surface area contributed by atoms with E-state index in [1.165, 1.54) is 23.3 Å². The first kappa shape index (κ1) is 12.6. The largest absolute Gasteiger partial charge is 0.393 e. The van der Waals surface area contributed by atoms with Gasteiger partial charge in [0.25, 0.3) is 5.91 Å². The molecule has 94 valence electrons. The molecule has 0 fully saturated rings. The van der Waals surface area contributed by atoms with Gasteiger partial charge in [0.1, 0.15) is 0 Å². The number of nitrogens with one attached hydrogen (secondary N) is 1. The lowest BCUT2D eigenvalue weighted by Crippen LogP contribution is -2.27. The summed E-state index contributed by atoms with van der Waals surface area (Å²) in [6.07, 6.45) is 4.86. The fourth-order valence-corrected chi connectivity index (χ4v) is 3.30. The van der Waals surface area contributed by atoms with Gasteiger partial charge in [-0.1, -0.05) is 0 Å². The molecule has 0 saturated heterocycles. The van der Waals surface area contributed by atoms with Gasteiger partial charge in [-0.3, -0.25) is 4.79 Å². The lowest BCUT2D eigenvalue weighted by molar-refractivity contribution is 0.0945. The highest BCUT2D eigenvalue weighted by Gasteiger charge is 2.19. The molecule has 2 N–H and O–H groups in total. The number of aliphatic hydroxyl groups excluding tert-OH is 1. The van der Waals surface area contributed by atoms with Crippen molar-refractivity contribution in [3.63, 3.8) is 0 Å². The smallest absolute Gasteiger partial charge is 0.252 e. The minimum Gasteiger partial charge on any atom is -0.393 e. The van der Waals surface area contributed by atoms with Gasteiger partial charge in [-0.05, 0) is 44.6 Å². The third-order valence-corrected chi connectivity index (χ3v) is 4.24. The van der Waals surface area contributed by atoms with Crippen LogP contribution in [0, 0.1) is 0 Å². The van der Waals surface area contributed by atoms with Crippen LogP contribution < -0.4 is 5.32 Å². The van der Waals surface area contributed by atoms with Crippen LogP contribution in [0.4, 0.5) is 0 Å². The summed E-state index contributed by atoms with van der Waals surface area (Å²) in [5.41, 5.74) is 2.12. The highest BCUT2D eigenvalue weighted by Crippen LogP contribution is 2.30. The van der Waals surface area contributed by atoms with Crippen LogP contribution in [0.2, 0.25) is 0 Å². The molecule has 1 aliphatic rings. The average Bonchev–Trinajstić information content (AvgIpc) is 2.72. The molecule has 1 amide bonds. The molecule has 3 nitrogen and oxygen atoms in total. The van der Waals surface area contributed by atoms with E-state index in [9.17, 15) is 4.79 Å². The molecule has 0 saturated carbocycles. The van der Waals surface area contributed by atoms with Crippen molar-refractivity contribution in [2.75, 3.05) is 6.54 Å². The van der Waals surface area contributed by atoms with Crippen LogP contribution in [0.25, 0.3) is 0 Å². The topological polar surface area (TPSA) is 49.3 Å². The number of aliphatic hydroxyl groups is 1. The standard InChI is InChI=1S/C13H19NO2S/c1-9(15)6-7-14-13(16)11-8-17-12-5-3-2-4-10(11)12/h8-9,15H,2-7H2,1H3,(H,14,16). The predicted molar refractivity (Wildman–Crippen MR) is 69.6 cm³/mol. The monoisotopic (exact) mass is 253 g/mol. The lowest BCUT2D eigenvalue weighted by Gasteiger charge is -2.13. The zero-order valence-electron chi connectivity index (χ0n) is 10.2. The molecular weight excluding hydrogens is 234 g/mol. The highest BCUT2D eigenvalue weighted by atomic mass is 32.1. The molecule has 1 heterocycles. The first-order valence-corrected chi connectivity index (χ1v) is 7.12. The van der Waals surface area contributed by atoms with Crippen LogP contribution in [0.1, 0.15) is 47.0 Å². The van der Waals surface area contributed by atoms with E-state index >= 15 is 0 Å². The third kappa shape index (κ3) is 3.07. The second-order valence-electron chi connectivity index (χ2n) is 4.65. The summed E-state index contributed by atoms with van der Waals surface area (Å²) >= 11 is 1.71. The van der Waals surface area contributed by atoms with Crippen molar-refractivity contribution in [2.45, 2.75) is 45.1 Å². The zero-order valence-corrected chi connectivity index (χ0v) is 11.0. The van der Waals surface area contributed by atoms with Crippen molar-refractivity contribution in [3.05, 3.63) is 21.4 Å². The van der Waals surface area contributed by atoms with Crippen LogP contribution in [0.5, 0.6) is 0 Å². The summed E-state index contributed by atoms with van der Waals surface area (Å²) in [6.45, 7) is 2.28. The Bertz CT molecular complexity index is 398. The Morgan fingerprint density at radius 3 is 3.06 bits per heavy atom. The van der Waals surface area contributed by atoms with Gasteiger partial charge in [0.15, 0.2) is 0 Å². The maximum absolute atomic E-state index is 12.0. The van der Waals surface area contributed by atoms with Gasteiger partial charge in [-0.2, -0.15) is 0 Å². The van der Waals surface area contributed by atoms with Crippen LogP contribution >= 0.6 is 11.3 Å². The first-order chi connectivity index (χ1) is 8.18. The molecule has 1 aromatic rings. The molecule has 1 unspecified atom stereocenters. The van der Waals surface area contributed by atoms with Crippen LogP contribution in [-0.2, 0) is 12.8 Å². The average molecular weight is 253 g/mol. The molecule has 4 heteroatoms. The van der Waals surface area contributed by atoms with Crippen molar-refractivity contribution < 1.29 is 9.90 Å². The van der Waals surface area contributed by atoms with Crippen molar-refractivity contribution >= 4 is 17.2 Å². The quantitative estimate of drug-likeness (QED) is 0.863. The molecule has 0 radical (unpaired) electrons. The molecule has 1 aromatic heterocycles. The van der Waals surface area contributed by atoms with Gasteiger partial charge in [-0.25, -0.2) is 0 Å². The number of hydrogen-bond donors (Lipinski definition) is 2. The Hall–Kier alpha value is -0.870. The Morgan fingerprint density at radius 1 is 1.53 bits per heavy atom. The Labute approximate surface area is 106 Å². The number of fused-ring (bicyclic) bond motifs is 1. The second kappa shape index (κ2) is 5.65. The van der Waals surface area contributed by atoms with E-state index in [1.54, 1.807) is 18.3 Å². The summed E-state index contributed by atoms with van der Waals surface area (Å²) in [5.74, 6) is 0.0186. The van der Waals surface area contributed by atoms with Crippen molar-refractivity contribution in [3.8, 4) is 0 Å². The van der Waals surface area contributed by atoms with Crippen molar-refractivity contribution in [1.29, 1.82) is 0 Å². The number of thiophene rings is 1. The number of carbonyl (C=O) groups is 1. The number of hydrogen-bond acceptors (Lipinski definition) is 3. The number of aryl methyl sites for hydroxylation is 1. The van der Waals surface area contributed by atoms with Gasteiger partial charge in [0.05, 0.1) is 11.7 Å². The molecule has 17 heavy (non-hydrogen) atoms. The summed E-state index contributed by atoms with van der Waals surface area (Å²) in [4.78, 5) is 13.4. The minimum atomic E-state index is -0.355. The first-order valence-electron chi connectivity index (χ1n) is 6.24. The normalized spacial score (nSPS) is 16.4. The van der Waals surface area contributed by atoms with E-state index < -0.39 is 0 Å². The van der Waals surface area contributed by atoms with Gasteiger partial charge in [0, 0.05) is 16.8 Å². The molecule has 0 bridgehead atoms. The van der Waals surface area contributed by atoms with Crippen LogP contribution in [0.15, 0.2) is 5.38 Å². The summed E-state index contributed by atoms with van der Waals surface area (Å²) in [7, 11) is 0. The number of rotatable bonds is 4. The zero-order chi connectivity index (χ0) is 12.3. The molecule has 0 aromatic carbocycles. The fraction of sp³-hybridized carbons (Fsp3) is 0.615. The molecule has 2 rings (SSSR count). The third-order valence-electron chi connectivity index (χ3n) is 3.15. The molecule has 1 atom stereocenters. The SMILES string of the molecule is CC(O)CCNC(=O)c1csc2c1CCCC2. The Balaban J connectivity index is 1.97. The number of amides is 1.